The van der Waals surface area contributed by atoms with E-state index in [1.54, 1.807) is 10.9 Å². The molecular weight excluding hydrogens is 178 g/mol. The third-order valence-electron chi connectivity index (χ3n) is 2.69. The van der Waals surface area contributed by atoms with E-state index in [2.05, 4.69) is 10.3 Å². The highest BCUT2D eigenvalue weighted by Crippen LogP contribution is 2.26. The number of nitriles is 1. The van der Waals surface area contributed by atoms with E-state index < -0.39 is 0 Å². The van der Waals surface area contributed by atoms with Crippen molar-refractivity contribution in [2.75, 3.05) is 0 Å². The first-order valence-corrected chi connectivity index (χ1v) is 4.87. The summed E-state index contributed by atoms with van der Waals surface area (Å²) < 4.78 is 1.78. The Morgan fingerprint density at radius 2 is 2.43 bits per heavy atom. The average molecular weight is 191 g/mol. The lowest BCUT2D eigenvalue weighted by Crippen LogP contribution is -2.29. The van der Waals surface area contributed by atoms with Crippen LogP contribution in [0.1, 0.15) is 37.4 Å². The molecule has 0 saturated heterocycles. The standard InChI is InChI=1S/C9H13N5/c10-5-8-6-14(13-12-8)9-3-1-2-7(11)4-9/h6-7,9H,1-4,11H2. The van der Waals surface area contributed by atoms with Gasteiger partial charge in [0.05, 0.1) is 12.2 Å². The van der Waals surface area contributed by atoms with Gasteiger partial charge in [-0.1, -0.05) is 5.21 Å². The van der Waals surface area contributed by atoms with Crippen LogP contribution in [-0.4, -0.2) is 21.0 Å². The fourth-order valence-corrected chi connectivity index (χ4v) is 1.95. The Bertz CT molecular complexity index is 350. The van der Waals surface area contributed by atoms with Gasteiger partial charge in [0.25, 0.3) is 0 Å². The van der Waals surface area contributed by atoms with Gasteiger partial charge >= 0.3 is 0 Å². The van der Waals surface area contributed by atoms with Crippen molar-refractivity contribution in [3.63, 3.8) is 0 Å². The van der Waals surface area contributed by atoms with E-state index in [1.807, 2.05) is 6.07 Å². The minimum atomic E-state index is 0.267. The van der Waals surface area contributed by atoms with Gasteiger partial charge in [-0.05, 0) is 25.7 Å². The van der Waals surface area contributed by atoms with Gasteiger partial charge in [-0.15, -0.1) is 5.10 Å². The van der Waals surface area contributed by atoms with Gasteiger partial charge in [-0.2, -0.15) is 5.26 Å². The number of aromatic nitrogens is 3. The van der Waals surface area contributed by atoms with Gasteiger partial charge in [0, 0.05) is 6.04 Å². The molecule has 1 aliphatic carbocycles. The van der Waals surface area contributed by atoms with Gasteiger partial charge in [0.15, 0.2) is 5.69 Å². The molecule has 2 unspecified atom stereocenters. The van der Waals surface area contributed by atoms with E-state index in [9.17, 15) is 0 Å². The van der Waals surface area contributed by atoms with Gasteiger partial charge in [0.1, 0.15) is 6.07 Å². The molecule has 0 radical (unpaired) electrons. The highest BCUT2D eigenvalue weighted by atomic mass is 15.4. The molecule has 5 nitrogen and oxygen atoms in total. The number of nitrogens with two attached hydrogens (primary N) is 1. The molecule has 0 amide bonds. The summed E-state index contributed by atoms with van der Waals surface area (Å²) in [6.45, 7) is 0. The predicted octanol–water partition coefficient (Wildman–Crippen LogP) is 0.592. The molecule has 1 saturated carbocycles. The maximum atomic E-state index is 8.61. The monoisotopic (exact) mass is 191 g/mol. The smallest absolute Gasteiger partial charge is 0.182 e. The summed E-state index contributed by atoms with van der Waals surface area (Å²) in [7, 11) is 0. The van der Waals surface area contributed by atoms with Crippen molar-refractivity contribution in [3.05, 3.63) is 11.9 Å². The van der Waals surface area contributed by atoms with E-state index in [-0.39, 0.29) is 6.04 Å². The molecule has 1 aromatic rings. The molecule has 1 heterocycles. The number of hydrogen-bond donors (Lipinski definition) is 1. The molecule has 1 aliphatic rings. The van der Waals surface area contributed by atoms with Gasteiger partial charge in [-0.3, -0.25) is 0 Å². The fraction of sp³-hybridized carbons (Fsp3) is 0.667. The SMILES string of the molecule is N#Cc1cn(C2CCCC(N)C2)nn1. The Morgan fingerprint density at radius 3 is 3.07 bits per heavy atom. The Hall–Kier alpha value is -1.41. The molecule has 1 aromatic heterocycles. The van der Waals surface area contributed by atoms with Crippen LogP contribution < -0.4 is 5.73 Å². The Labute approximate surface area is 82.5 Å². The minimum Gasteiger partial charge on any atom is -0.328 e. The minimum absolute atomic E-state index is 0.267. The summed E-state index contributed by atoms with van der Waals surface area (Å²) in [6, 6.07) is 2.57. The van der Waals surface area contributed by atoms with E-state index in [0.29, 0.717) is 11.7 Å². The highest BCUT2D eigenvalue weighted by molar-refractivity contribution is 5.13. The Morgan fingerprint density at radius 1 is 1.57 bits per heavy atom. The molecule has 14 heavy (non-hydrogen) atoms. The quantitative estimate of drug-likeness (QED) is 0.704. The molecule has 5 heteroatoms. The molecule has 0 aliphatic heterocycles. The van der Waals surface area contributed by atoms with Crippen LogP contribution in [0, 0.1) is 11.3 Å². The van der Waals surface area contributed by atoms with E-state index >= 15 is 0 Å². The van der Waals surface area contributed by atoms with Crippen molar-refractivity contribution >= 4 is 0 Å². The van der Waals surface area contributed by atoms with Crippen LogP contribution in [0.4, 0.5) is 0 Å². The van der Waals surface area contributed by atoms with Crippen molar-refractivity contribution in [2.45, 2.75) is 37.8 Å². The van der Waals surface area contributed by atoms with Crippen molar-refractivity contribution < 1.29 is 0 Å². The molecule has 0 spiro atoms. The molecular formula is C9H13N5. The zero-order valence-electron chi connectivity index (χ0n) is 7.93. The van der Waals surface area contributed by atoms with Crippen LogP contribution in [0.3, 0.4) is 0 Å². The lowest BCUT2D eigenvalue weighted by atomic mass is 9.92. The average Bonchev–Trinajstić information content (AvgIpc) is 2.66. The molecule has 1 fully saturated rings. The summed E-state index contributed by atoms with van der Waals surface area (Å²) in [4.78, 5) is 0. The summed E-state index contributed by atoms with van der Waals surface area (Å²) in [5, 5.41) is 16.3. The Kier molecular flexibility index (Phi) is 2.46. The normalized spacial score (nSPS) is 27.1. The highest BCUT2D eigenvalue weighted by Gasteiger charge is 2.21. The van der Waals surface area contributed by atoms with E-state index in [0.717, 1.165) is 25.7 Å². The lowest BCUT2D eigenvalue weighted by Gasteiger charge is -2.26. The third kappa shape index (κ3) is 1.75. The second-order valence-corrected chi connectivity index (χ2v) is 3.78. The van der Waals surface area contributed by atoms with E-state index in [4.69, 9.17) is 11.0 Å². The second-order valence-electron chi connectivity index (χ2n) is 3.78. The van der Waals surface area contributed by atoms with Crippen LogP contribution in [-0.2, 0) is 0 Å². The van der Waals surface area contributed by atoms with Crippen LogP contribution in [0.2, 0.25) is 0 Å². The largest absolute Gasteiger partial charge is 0.328 e. The van der Waals surface area contributed by atoms with Crippen molar-refractivity contribution in [1.82, 2.24) is 15.0 Å². The molecule has 74 valence electrons. The number of nitrogens with zero attached hydrogens (tertiary/aromatic N) is 4. The molecule has 2 N–H and O–H groups in total. The summed E-state index contributed by atoms with van der Waals surface area (Å²) in [5.41, 5.74) is 6.25. The molecule has 2 rings (SSSR count). The number of hydrogen-bond acceptors (Lipinski definition) is 4. The maximum Gasteiger partial charge on any atom is 0.182 e. The third-order valence-corrected chi connectivity index (χ3v) is 2.69. The molecule has 0 bridgehead atoms. The summed E-state index contributed by atoms with van der Waals surface area (Å²) in [6.07, 6.45) is 5.95. The van der Waals surface area contributed by atoms with Gasteiger partial charge in [-0.25, -0.2) is 4.68 Å². The first-order chi connectivity index (χ1) is 6.79. The second kappa shape index (κ2) is 3.76. The van der Waals surface area contributed by atoms with Crippen molar-refractivity contribution in [1.29, 1.82) is 5.26 Å². The van der Waals surface area contributed by atoms with Crippen molar-refractivity contribution in [3.8, 4) is 6.07 Å². The first-order valence-electron chi connectivity index (χ1n) is 4.87. The first kappa shape index (κ1) is 9.16. The fourth-order valence-electron chi connectivity index (χ4n) is 1.95. The molecule has 0 aromatic carbocycles. The summed E-state index contributed by atoms with van der Waals surface area (Å²) >= 11 is 0. The van der Waals surface area contributed by atoms with Crippen LogP contribution in [0.25, 0.3) is 0 Å². The predicted molar refractivity (Wildman–Crippen MR) is 50.2 cm³/mol. The lowest BCUT2D eigenvalue weighted by molar-refractivity contribution is 0.296. The topological polar surface area (TPSA) is 80.5 Å². The van der Waals surface area contributed by atoms with Crippen LogP contribution in [0.15, 0.2) is 6.20 Å². The summed E-state index contributed by atoms with van der Waals surface area (Å²) in [5.74, 6) is 0. The van der Waals surface area contributed by atoms with Crippen molar-refractivity contribution in [2.24, 2.45) is 5.73 Å². The molecule has 2 atom stereocenters. The van der Waals surface area contributed by atoms with Crippen LogP contribution >= 0.6 is 0 Å². The maximum absolute atomic E-state index is 8.61. The van der Waals surface area contributed by atoms with Gasteiger partial charge < -0.3 is 5.73 Å². The Balaban J connectivity index is 2.10. The van der Waals surface area contributed by atoms with Crippen LogP contribution in [0.5, 0.6) is 0 Å². The zero-order valence-corrected chi connectivity index (χ0v) is 7.93. The zero-order chi connectivity index (χ0) is 9.97. The van der Waals surface area contributed by atoms with Gasteiger partial charge in [0.2, 0.25) is 0 Å². The van der Waals surface area contributed by atoms with E-state index in [1.165, 1.54) is 0 Å². The number of rotatable bonds is 1.